The van der Waals surface area contributed by atoms with Crippen LogP contribution in [0, 0.1) is 6.92 Å². The fraction of sp³-hybridized carbons (Fsp3) is 0.462. The number of nitrogens with two attached hydrogens (primary N) is 1. The minimum absolute atomic E-state index is 0.0418. The van der Waals surface area contributed by atoms with Crippen LogP contribution in [-0.2, 0) is 0 Å². The van der Waals surface area contributed by atoms with E-state index in [1.165, 1.54) is 0 Å². The zero-order valence-electron chi connectivity index (χ0n) is 9.95. The number of rotatable bonds is 1. The molecular weight excluding hydrogens is 236 g/mol. The summed E-state index contributed by atoms with van der Waals surface area (Å²) < 4.78 is 0. The molecule has 1 amide bonds. The second-order valence-corrected chi connectivity index (χ2v) is 4.97. The molecule has 1 aromatic rings. The highest BCUT2D eigenvalue weighted by atomic mass is 35.5. The molecule has 2 N–H and O–H groups in total. The molecule has 17 heavy (non-hydrogen) atoms. The smallest absolute Gasteiger partial charge is 0.254 e. The van der Waals surface area contributed by atoms with E-state index in [0.29, 0.717) is 17.1 Å². The summed E-state index contributed by atoms with van der Waals surface area (Å²) in [6, 6.07) is 5.54. The number of nitrogens with zero attached hydrogens (tertiary/aromatic N) is 1. The Morgan fingerprint density at radius 3 is 3.00 bits per heavy atom. The molecule has 0 radical (unpaired) electrons. The largest absolute Gasteiger partial charge is 0.337 e. The Morgan fingerprint density at radius 1 is 1.53 bits per heavy atom. The third kappa shape index (κ3) is 2.61. The van der Waals surface area contributed by atoms with Crippen LogP contribution in [0.15, 0.2) is 18.2 Å². The summed E-state index contributed by atoms with van der Waals surface area (Å²) in [6.07, 6.45) is 1.98. The van der Waals surface area contributed by atoms with E-state index < -0.39 is 0 Å². The van der Waals surface area contributed by atoms with Crippen LogP contribution < -0.4 is 5.73 Å². The van der Waals surface area contributed by atoms with E-state index in [1.54, 1.807) is 6.07 Å². The number of benzene rings is 1. The van der Waals surface area contributed by atoms with E-state index in [1.807, 2.05) is 24.0 Å². The van der Waals surface area contributed by atoms with Crippen LogP contribution in [0.1, 0.15) is 28.8 Å². The summed E-state index contributed by atoms with van der Waals surface area (Å²) >= 11 is 6.03. The van der Waals surface area contributed by atoms with Crippen molar-refractivity contribution >= 4 is 17.5 Å². The van der Waals surface area contributed by atoms with Gasteiger partial charge >= 0.3 is 0 Å². The monoisotopic (exact) mass is 252 g/mol. The van der Waals surface area contributed by atoms with Gasteiger partial charge < -0.3 is 10.6 Å². The van der Waals surface area contributed by atoms with Gasteiger partial charge in [0.05, 0.1) is 0 Å². The summed E-state index contributed by atoms with van der Waals surface area (Å²) in [4.78, 5) is 14.2. The number of carbonyl (C=O) groups excluding carboxylic acids is 1. The Bertz CT molecular complexity index is 433. The Kier molecular flexibility index (Phi) is 3.69. The molecule has 0 unspecified atom stereocenters. The van der Waals surface area contributed by atoms with Gasteiger partial charge in [0.15, 0.2) is 0 Å². The van der Waals surface area contributed by atoms with Crippen molar-refractivity contribution < 1.29 is 4.79 Å². The molecule has 0 spiro atoms. The van der Waals surface area contributed by atoms with E-state index in [4.69, 9.17) is 17.3 Å². The zero-order chi connectivity index (χ0) is 12.4. The van der Waals surface area contributed by atoms with Gasteiger partial charge in [-0.2, -0.15) is 0 Å². The molecule has 92 valence electrons. The molecule has 1 aliphatic heterocycles. The second-order valence-electron chi connectivity index (χ2n) is 4.57. The van der Waals surface area contributed by atoms with Crippen LogP contribution in [0.3, 0.4) is 0 Å². The van der Waals surface area contributed by atoms with Crippen LogP contribution in [0.25, 0.3) is 0 Å². The van der Waals surface area contributed by atoms with Crippen LogP contribution >= 0.6 is 11.6 Å². The number of carbonyl (C=O) groups is 1. The lowest BCUT2D eigenvalue weighted by Crippen LogP contribution is -2.45. The Balaban J connectivity index is 2.22. The molecule has 3 nitrogen and oxygen atoms in total. The molecule has 0 aromatic heterocycles. The third-order valence-electron chi connectivity index (χ3n) is 3.24. The highest BCUT2D eigenvalue weighted by Crippen LogP contribution is 2.21. The molecule has 1 heterocycles. The number of hydrogen-bond donors (Lipinski definition) is 1. The fourth-order valence-corrected chi connectivity index (χ4v) is 2.38. The van der Waals surface area contributed by atoms with Crippen LogP contribution in [0.2, 0.25) is 5.02 Å². The van der Waals surface area contributed by atoms with Crippen molar-refractivity contribution in [2.75, 3.05) is 13.1 Å². The average Bonchev–Trinajstić information content (AvgIpc) is 2.32. The van der Waals surface area contributed by atoms with Gasteiger partial charge in [0.2, 0.25) is 0 Å². The number of halogens is 1. The van der Waals surface area contributed by atoms with Crippen molar-refractivity contribution in [2.45, 2.75) is 25.8 Å². The molecule has 1 saturated heterocycles. The van der Waals surface area contributed by atoms with Crippen molar-refractivity contribution in [3.63, 3.8) is 0 Å². The first-order chi connectivity index (χ1) is 8.09. The first kappa shape index (κ1) is 12.4. The standard InChI is InChI=1S/C13H17ClN2O/c1-9-11(5-2-6-12(9)14)13(17)16-7-3-4-10(15)8-16/h2,5-6,10H,3-4,7-8,15H2,1H3/t10-/m1/s1. The topological polar surface area (TPSA) is 46.3 Å². The van der Waals surface area contributed by atoms with Gasteiger partial charge in [0, 0.05) is 29.7 Å². The van der Waals surface area contributed by atoms with Gasteiger partial charge in [-0.1, -0.05) is 17.7 Å². The average molecular weight is 253 g/mol. The van der Waals surface area contributed by atoms with E-state index in [2.05, 4.69) is 0 Å². The molecule has 1 atom stereocenters. The highest BCUT2D eigenvalue weighted by molar-refractivity contribution is 6.31. The summed E-state index contributed by atoms with van der Waals surface area (Å²) in [5.41, 5.74) is 7.42. The summed E-state index contributed by atoms with van der Waals surface area (Å²) in [5, 5.41) is 0.636. The van der Waals surface area contributed by atoms with Crippen LogP contribution in [0.4, 0.5) is 0 Å². The number of piperidine rings is 1. The van der Waals surface area contributed by atoms with E-state index in [9.17, 15) is 4.79 Å². The predicted molar refractivity (Wildman–Crippen MR) is 69.3 cm³/mol. The SMILES string of the molecule is Cc1c(Cl)cccc1C(=O)N1CCC[C@@H](N)C1. The quantitative estimate of drug-likeness (QED) is 0.833. The molecule has 0 bridgehead atoms. The first-order valence-corrected chi connectivity index (χ1v) is 6.27. The van der Waals surface area contributed by atoms with Crippen LogP contribution in [0.5, 0.6) is 0 Å². The van der Waals surface area contributed by atoms with Crippen LogP contribution in [-0.4, -0.2) is 29.9 Å². The first-order valence-electron chi connectivity index (χ1n) is 5.89. The maximum atomic E-state index is 12.3. The third-order valence-corrected chi connectivity index (χ3v) is 3.65. The van der Waals surface area contributed by atoms with Crippen molar-refractivity contribution in [1.29, 1.82) is 0 Å². The van der Waals surface area contributed by atoms with Gasteiger partial charge in [-0.05, 0) is 37.5 Å². The fourth-order valence-electron chi connectivity index (χ4n) is 2.20. The molecule has 1 fully saturated rings. The maximum Gasteiger partial charge on any atom is 0.254 e. The lowest BCUT2D eigenvalue weighted by atomic mass is 10.0. The Labute approximate surface area is 107 Å². The van der Waals surface area contributed by atoms with E-state index in [-0.39, 0.29) is 11.9 Å². The number of amides is 1. The number of likely N-dealkylation sites (tertiary alicyclic amines) is 1. The second kappa shape index (κ2) is 5.07. The van der Waals surface area contributed by atoms with Gasteiger partial charge in [0.1, 0.15) is 0 Å². The van der Waals surface area contributed by atoms with Gasteiger partial charge in [-0.3, -0.25) is 4.79 Å². The van der Waals surface area contributed by atoms with Crippen molar-refractivity contribution in [2.24, 2.45) is 5.73 Å². The molecule has 1 aliphatic rings. The molecular formula is C13H17ClN2O. The highest BCUT2D eigenvalue weighted by Gasteiger charge is 2.23. The molecule has 2 rings (SSSR count). The molecule has 1 aromatic carbocycles. The predicted octanol–water partition coefficient (Wildman–Crippen LogP) is 2.21. The summed E-state index contributed by atoms with van der Waals surface area (Å²) in [6.45, 7) is 3.31. The number of hydrogen-bond acceptors (Lipinski definition) is 2. The maximum absolute atomic E-state index is 12.3. The molecule has 0 saturated carbocycles. The Hall–Kier alpha value is -1.06. The Morgan fingerprint density at radius 2 is 2.29 bits per heavy atom. The summed E-state index contributed by atoms with van der Waals surface area (Å²) in [5.74, 6) is 0.0418. The lowest BCUT2D eigenvalue weighted by Gasteiger charge is -2.31. The van der Waals surface area contributed by atoms with Crippen molar-refractivity contribution in [3.8, 4) is 0 Å². The minimum atomic E-state index is 0.0418. The minimum Gasteiger partial charge on any atom is -0.337 e. The zero-order valence-corrected chi connectivity index (χ0v) is 10.7. The molecule has 4 heteroatoms. The van der Waals surface area contributed by atoms with Gasteiger partial charge in [-0.25, -0.2) is 0 Å². The van der Waals surface area contributed by atoms with Crippen molar-refractivity contribution in [3.05, 3.63) is 34.3 Å². The van der Waals surface area contributed by atoms with Gasteiger partial charge in [-0.15, -0.1) is 0 Å². The van der Waals surface area contributed by atoms with E-state index >= 15 is 0 Å². The normalized spacial score (nSPS) is 20.4. The van der Waals surface area contributed by atoms with Crippen molar-refractivity contribution in [1.82, 2.24) is 4.90 Å². The van der Waals surface area contributed by atoms with E-state index in [0.717, 1.165) is 24.9 Å². The van der Waals surface area contributed by atoms with Gasteiger partial charge in [0.25, 0.3) is 5.91 Å². The summed E-state index contributed by atoms with van der Waals surface area (Å²) in [7, 11) is 0. The lowest BCUT2D eigenvalue weighted by molar-refractivity contribution is 0.0708. The molecule has 0 aliphatic carbocycles.